The molecule has 1 aliphatic heterocycles. The van der Waals surface area contributed by atoms with E-state index in [0.717, 1.165) is 30.5 Å². The summed E-state index contributed by atoms with van der Waals surface area (Å²) in [6, 6.07) is 14.0. The van der Waals surface area contributed by atoms with E-state index in [1.165, 1.54) is 11.6 Å². The quantitative estimate of drug-likeness (QED) is 0.573. The number of benzene rings is 2. The van der Waals surface area contributed by atoms with Crippen LogP contribution in [-0.2, 0) is 32.0 Å². The molecule has 7 heteroatoms. The highest BCUT2D eigenvalue weighted by atomic mass is 16.5. The molecule has 2 aromatic rings. The fraction of sp³-hybridized carbons (Fsp3) is 0.310. The fourth-order valence-corrected chi connectivity index (χ4v) is 4.54. The maximum Gasteiger partial charge on any atom is 0.181 e. The molecule has 4 rings (SSSR count). The van der Waals surface area contributed by atoms with E-state index in [4.69, 9.17) is 9.47 Å². The van der Waals surface area contributed by atoms with Gasteiger partial charge in [-0.15, -0.1) is 0 Å². The Balaban J connectivity index is 1.54. The van der Waals surface area contributed by atoms with Gasteiger partial charge < -0.3 is 19.5 Å². The van der Waals surface area contributed by atoms with Gasteiger partial charge >= 0.3 is 0 Å². The van der Waals surface area contributed by atoms with Crippen molar-refractivity contribution >= 4 is 23.5 Å². The molecular formula is C29H27NO6. The van der Waals surface area contributed by atoms with Crippen LogP contribution in [0.2, 0.25) is 0 Å². The van der Waals surface area contributed by atoms with Gasteiger partial charge in [0, 0.05) is 19.5 Å². The van der Waals surface area contributed by atoms with Crippen molar-refractivity contribution in [2.24, 2.45) is 0 Å². The Morgan fingerprint density at radius 3 is 2.42 bits per heavy atom. The highest BCUT2D eigenvalue weighted by molar-refractivity contribution is 5.86. The average Bonchev–Trinajstić information content (AvgIpc) is 2.93. The number of morpholine rings is 1. The second-order valence-corrected chi connectivity index (χ2v) is 8.70. The van der Waals surface area contributed by atoms with E-state index in [1.54, 1.807) is 23.9 Å². The minimum absolute atomic E-state index is 0.0198. The van der Waals surface area contributed by atoms with Crippen molar-refractivity contribution in [1.82, 2.24) is 0 Å². The number of hydrogen-bond donors (Lipinski definition) is 1. The third kappa shape index (κ3) is 5.75. The summed E-state index contributed by atoms with van der Waals surface area (Å²) in [5.74, 6) is 5.34. The van der Waals surface area contributed by atoms with Crippen LogP contribution >= 0.6 is 0 Å². The van der Waals surface area contributed by atoms with Crippen molar-refractivity contribution in [2.75, 3.05) is 37.8 Å². The fourth-order valence-electron chi connectivity index (χ4n) is 4.54. The van der Waals surface area contributed by atoms with Crippen LogP contribution < -0.4 is 9.64 Å². The molecule has 1 aliphatic carbocycles. The van der Waals surface area contributed by atoms with Crippen molar-refractivity contribution in [2.45, 2.75) is 25.7 Å². The molecule has 2 aromatic carbocycles. The first-order valence-electron chi connectivity index (χ1n) is 11.9. The molecule has 0 bridgehead atoms. The van der Waals surface area contributed by atoms with Crippen LogP contribution in [-0.4, -0.2) is 55.8 Å². The Morgan fingerprint density at radius 2 is 1.72 bits per heavy atom. The minimum atomic E-state index is -0.124. The SMILES string of the molecule is O=C=C1C=C(COc2ccc(CCCc3ccccc3)c(N3CCOCC3)c2O)CC(=C=O)C1=C=O. The Hall–Kier alpha value is -4.11. The van der Waals surface area contributed by atoms with Gasteiger partial charge in [0.2, 0.25) is 0 Å². The molecule has 0 unspecified atom stereocenters. The van der Waals surface area contributed by atoms with Crippen molar-refractivity contribution in [3.8, 4) is 11.5 Å². The lowest BCUT2D eigenvalue weighted by Crippen LogP contribution is -2.36. The second-order valence-electron chi connectivity index (χ2n) is 8.70. The number of carbonyl (C=O) groups excluding carboxylic acids is 3. The molecule has 184 valence electrons. The molecular weight excluding hydrogens is 458 g/mol. The van der Waals surface area contributed by atoms with Gasteiger partial charge in [-0.2, -0.15) is 0 Å². The van der Waals surface area contributed by atoms with Gasteiger partial charge in [0.15, 0.2) is 11.5 Å². The van der Waals surface area contributed by atoms with E-state index >= 15 is 0 Å². The largest absolute Gasteiger partial charge is 0.503 e. The standard InChI is InChI=1S/C29H27NO6/c31-17-24-15-22(16-25(18-32)26(24)19-33)20-36-27-10-9-23(8-4-7-21-5-2-1-3-6-21)28(29(27)34)30-11-13-35-14-12-30/h1-3,5-6,9-10,15,34H,4,7-8,11-14,16,20H2. The van der Waals surface area contributed by atoms with Crippen LogP contribution in [0.15, 0.2) is 70.8 Å². The summed E-state index contributed by atoms with van der Waals surface area (Å²) in [4.78, 5) is 35.8. The van der Waals surface area contributed by atoms with Crippen LogP contribution in [0.1, 0.15) is 24.0 Å². The lowest BCUT2D eigenvalue weighted by atomic mass is 9.88. The first-order chi connectivity index (χ1) is 17.6. The number of phenolic OH excluding ortho intramolecular Hbond substituents is 1. The summed E-state index contributed by atoms with van der Waals surface area (Å²) in [6.45, 7) is 2.50. The van der Waals surface area contributed by atoms with E-state index in [0.29, 0.717) is 37.6 Å². The maximum absolute atomic E-state index is 11.3. The molecule has 7 nitrogen and oxygen atoms in total. The highest BCUT2D eigenvalue weighted by Crippen LogP contribution is 2.41. The van der Waals surface area contributed by atoms with Crippen LogP contribution in [0, 0.1) is 0 Å². The lowest BCUT2D eigenvalue weighted by molar-refractivity contribution is 0.122. The van der Waals surface area contributed by atoms with E-state index in [1.807, 2.05) is 24.3 Å². The molecule has 0 radical (unpaired) electrons. The lowest BCUT2D eigenvalue weighted by Gasteiger charge is -2.32. The Morgan fingerprint density at radius 1 is 0.944 bits per heavy atom. The highest BCUT2D eigenvalue weighted by Gasteiger charge is 2.24. The monoisotopic (exact) mass is 485 g/mol. The summed E-state index contributed by atoms with van der Waals surface area (Å²) in [5.41, 5.74) is 3.50. The van der Waals surface area contributed by atoms with Gasteiger partial charge in [-0.25, -0.2) is 14.4 Å². The Bertz CT molecular complexity index is 1290. The number of aryl methyl sites for hydroxylation is 2. The third-order valence-corrected chi connectivity index (χ3v) is 6.35. The predicted octanol–water partition coefficient (Wildman–Crippen LogP) is 3.39. The molecule has 1 fully saturated rings. The molecule has 0 atom stereocenters. The zero-order chi connectivity index (χ0) is 25.3. The third-order valence-electron chi connectivity index (χ3n) is 6.35. The normalized spacial score (nSPS) is 15.6. The number of hydrogen-bond acceptors (Lipinski definition) is 7. The van der Waals surface area contributed by atoms with E-state index in [2.05, 4.69) is 17.0 Å². The molecule has 0 saturated carbocycles. The van der Waals surface area contributed by atoms with Crippen molar-refractivity contribution in [1.29, 1.82) is 0 Å². The van der Waals surface area contributed by atoms with Crippen molar-refractivity contribution in [3.63, 3.8) is 0 Å². The van der Waals surface area contributed by atoms with Crippen molar-refractivity contribution in [3.05, 3.63) is 82.0 Å². The molecule has 0 aromatic heterocycles. The average molecular weight is 486 g/mol. The molecule has 1 N–H and O–H groups in total. The number of aromatic hydroxyl groups is 1. The van der Waals surface area contributed by atoms with Crippen LogP contribution in [0.25, 0.3) is 0 Å². The summed E-state index contributed by atoms with van der Waals surface area (Å²) >= 11 is 0. The molecule has 1 saturated heterocycles. The number of allylic oxidation sites excluding steroid dienone is 4. The van der Waals surface area contributed by atoms with E-state index in [9.17, 15) is 19.5 Å². The Labute approximate surface area is 209 Å². The molecule has 0 amide bonds. The smallest absolute Gasteiger partial charge is 0.181 e. The maximum atomic E-state index is 11.3. The molecule has 36 heavy (non-hydrogen) atoms. The second kappa shape index (κ2) is 12.0. The molecule has 2 aliphatic rings. The topological polar surface area (TPSA) is 93.1 Å². The van der Waals surface area contributed by atoms with Crippen LogP contribution in [0.4, 0.5) is 5.69 Å². The van der Waals surface area contributed by atoms with Gasteiger partial charge in [0.25, 0.3) is 0 Å². The number of rotatable bonds is 8. The zero-order valence-electron chi connectivity index (χ0n) is 19.9. The predicted molar refractivity (Wildman–Crippen MR) is 135 cm³/mol. The summed E-state index contributed by atoms with van der Waals surface area (Å²) < 4.78 is 11.4. The number of nitrogens with zero attached hydrogens (tertiary/aromatic N) is 1. The number of phenols is 1. The number of anilines is 1. The molecule has 1 heterocycles. The van der Waals surface area contributed by atoms with E-state index < -0.39 is 0 Å². The number of ether oxygens (including phenoxy) is 2. The van der Waals surface area contributed by atoms with Gasteiger partial charge in [0.1, 0.15) is 24.4 Å². The van der Waals surface area contributed by atoms with Crippen LogP contribution in [0.5, 0.6) is 11.5 Å². The van der Waals surface area contributed by atoms with Crippen LogP contribution in [0.3, 0.4) is 0 Å². The molecule has 0 spiro atoms. The summed E-state index contributed by atoms with van der Waals surface area (Å²) in [5, 5.41) is 11.2. The van der Waals surface area contributed by atoms with Gasteiger partial charge in [-0.1, -0.05) is 36.4 Å². The first kappa shape index (κ1) is 25.0. The Kier molecular flexibility index (Phi) is 8.36. The van der Waals surface area contributed by atoms with Crippen molar-refractivity contribution < 1.29 is 29.0 Å². The minimum Gasteiger partial charge on any atom is -0.503 e. The summed E-state index contributed by atoms with van der Waals surface area (Å²) in [7, 11) is 0. The first-order valence-corrected chi connectivity index (χ1v) is 11.9. The van der Waals surface area contributed by atoms with Gasteiger partial charge in [-0.05, 0) is 48.1 Å². The zero-order valence-corrected chi connectivity index (χ0v) is 19.9. The van der Waals surface area contributed by atoms with E-state index in [-0.39, 0.29) is 35.5 Å². The van der Waals surface area contributed by atoms with Gasteiger partial charge in [0.05, 0.1) is 35.6 Å². The summed E-state index contributed by atoms with van der Waals surface area (Å²) in [6.07, 6.45) is 4.23. The van der Waals surface area contributed by atoms with Gasteiger partial charge in [-0.3, -0.25) is 0 Å².